The van der Waals surface area contributed by atoms with Crippen LogP contribution in [0.25, 0.3) is 11.3 Å². The van der Waals surface area contributed by atoms with Crippen LogP contribution in [0.1, 0.15) is 47.2 Å². The minimum Gasteiger partial charge on any atom is -0.342 e. The molecular weight excluding hydrogens is 538 g/mol. The highest BCUT2D eigenvalue weighted by Crippen LogP contribution is 2.29. The molecule has 2 aromatic heterocycles. The quantitative estimate of drug-likeness (QED) is 0.152. The van der Waals surface area contributed by atoms with Gasteiger partial charge in [-0.1, -0.05) is 41.6 Å². The molecule has 1 atom stereocenters. The summed E-state index contributed by atoms with van der Waals surface area (Å²) in [5, 5.41) is 28.1. The summed E-state index contributed by atoms with van der Waals surface area (Å²) >= 11 is 2.47. The van der Waals surface area contributed by atoms with Crippen molar-refractivity contribution < 1.29 is 14.5 Å². The Morgan fingerprint density at radius 2 is 1.90 bits per heavy atom. The van der Waals surface area contributed by atoms with Gasteiger partial charge in [-0.25, -0.2) is 4.98 Å². The molecule has 2 aromatic carbocycles. The molecule has 11 nitrogen and oxygen atoms in total. The van der Waals surface area contributed by atoms with Gasteiger partial charge in [0.2, 0.25) is 5.91 Å². The van der Waals surface area contributed by atoms with Gasteiger partial charge in [0.05, 0.1) is 22.4 Å². The number of nitro benzene ring substituents is 1. The number of nitrogens with one attached hydrogen (secondary N) is 2. The van der Waals surface area contributed by atoms with E-state index in [4.69, 9.17) is 0 Å². The SMILES string of the molecule is CCn1c(SCC(=O)Nc2nc(-c3ccc(C)c([N+](=O)[O-])c3)cs2)nnc1[C@@H](C)NC(=O)c1ccc(C)cc1. The first-order chi connectivity index (χ1) is 18.7. The second-order valence-corrected chi connectivity index (χ2v) is 10.6. The van der Waals surface area contributed by atoms with Crippen molar-refractivity contribution >= 4 is 45.7 Å². The topological polar surface area (TPSA) is 145 Å². The van der Waals surface area contributed by atoms with E-state index < -0.39 is 4.92 Å². The molecule has 0 spiro atoms. The molecular formula is C26H27N7O4S2. The van der Waals surface area contributed by atoms with E-state index >= 15 is 0 Å². The Hall–Kier alpha value is -4.10. The van der Waals surface area contributed by atoms with E-state index in [1.807, 2.05) is 37.5 Å². The number of benzene rings is 2. The van der Waals surface area contributed by atoms with Gasteiger partial charge in [-0.2, -0.15) is 0 Å². The summed E-state index contributed by atoms with van der Waals surface area (Å²) in [6.45, 7) is 7.99. The van der Waals surface area contributed by atoms with Crippen LogP contribution in [0.3, 0.4) is 0 Å². The average Bonchev–Trinajstić information content (AvgIpc) is 3.54. The highest BCUT2D eigenvalue weighted by atomic mass is 32.2. The number of hydrogen-bond acceptors (Lipinski definition) is 9. The number of carbonyl (C=O) groups is 2. The van der Waals surface area contributed by atoms with E-state index in [0.29, 0.717) is 45.0 Å². The maximum absolute atomic E-state index is 12.6. The number of aromatic nitrogens is 4. The number of carbonyl (C=O) groups excluding carboxylic acids is 2. The van der Waals surface area contributed by atoms with Crippen molar-refractivity contribution in [1.29, 1.82) is 0 Å². The fraction of sp³-hybridized carbons (Fsp3) is 0.269. The van der Waals surface area contributed by atoms with Crippen LogP contribution in [-0.2, 0) is 11.3 Å². The number of thioether (sulfide) groups is 1. The van der Waals surface area contributed by atoms with Crippen LogP contribution < -0.4 is 10.6 Å². The third kappa shape index (κ3) is 6.67. The smallest absolute Gasteiger partial charge is 0.272 e. The zero-order valence-electron chi connectivity index (χ0n) is 21.8. The third-order valence-electron chi connectivity index (χ3n) is 5.89. The van der Waals surface area contributed by atoms with Crippen molar-refractivity contribution in [1.82, 2.24) is 25.1 Å². The Bertz CT molecular complexity index is 1510. The molecule has 2 amide bonds. The number of hydrogen-bond donors (Lipinski definition) is 2. The van der Waals surface area contributed by atoms with Crippen LogP contribution in [-0.4, -0.2) is 42.2 Å². The Balaban J connectivity index is 1.36. The summed E-state index contributed by atoms with van der Waals surface area (Å²) in [4.78, 5) is 40.5. The van der Waals surface area contributed by atoms with Gasteiger partial charge >= 0.3 is 0 Å². The largest absolute Gasteiger partial charge is 0.342 e. The number of nitrogens with zero attached hydrogens (tertiary/aromatic N) is 5. The van der Waals surface area contributed by atoms with E-state index in [1.54, 1.807) is 36.6 Å². The molecule has 0 unspecified atom stereocenters. The molecule has 39 heavy (non-hydrogen) atoms. The van der Waals surface area contributed by atoms with Crippen LogP contribution in [0.2, 0.25) is 0 Å². The molecule has 2 N–H and O–H groups in total. The van der Waals surface area contributed by atoms with Crippen molar-refractivity contribution in [3.8, 4) is 11.3 Å². The van der Waals surface area contributed by atoms with Gasteiger partial charge in [-0.15, -0.1) is 21.5 Å². The maximum atomic E-state index is 12.6. The van der Waals surface area contributed by atoms with Gasteiger partial charge in [0.25, 0.3) is 11.6 Å². The number of anilines is 1. The first kappa shape index (κ1) is 27.9. The van der Waals surface area contributed by atoms with Gasteiger partial charge in [-0.3, -0.25) is 19.7 Å². The zero-order chi connectivity index (χ0) is 28.1. The van der Waals surface area contributed by atoms with E-state index in [2.05, 4.69) is 25.8 Å². The lowest BCUT2D eigenvalue weighted by atomic mass is 10.1. The molecule has 13 heteroatoms. The number of aryl methyl sites for hydroxylation is 2. The second kappa shape index (κ2) is 12.2. The lowest BCUT2D eigenvalue weighted by Crippen LogP contribution is -2.28. The average molecular weight is 566 g/mol. The molecule has 202 valence electrons. The normalized spacial score (nSPS) is 11.7. The van der Waals surface area contributed by atoms with Crippen molar-refractivity contribution in [2.75, 3.05) is 11.1 Å². The summed E-state index contributed by atoms with van der Waals surface area (Å²) < 4.78 is 1.86. The number of amides is 2. The molecule has 0 aliphatic heterocycles. The monoisotopic (exact) mass is 565 g/mol. The van der Waals surface area contributed by atoms with Crippen LogP contribution in [0.4, 0.5) is 10.8 Å². The Labute approximate surface area is 233 Å². The molecule has 0 fully saturated rings. The molecule has 2 heterocycles. The number of nitro groups is 1. The van der Waals surface area contributed by atoms with Crippen molar-refractivity contribution in [3.05, 3.63) is 80.5 Å². The van der Waals surface area contributed by atoms with Crippen LogP contribution in [0.5, 0.6) is 0 Å². The zero-order valence-corrected chi connectivity index (χ0v) is 23.4. The van der Waals surface area contributed by atoms with Crippen LogP contribution in [0, 0.1) is 24.0 Å². The molecule has 0 aliphatic rings. The van der Waals surface area contributed by atoms with E-state index in [1.165, 1.54) is 29.2 Å². The first-order valence-corrected chi connectivity index (χ1v) is 14.0. The molecule has 0 saturated carbocycles. The second-order valence-electron chi connectivity index (χ2n) is 8.78. The summed E-state index contributed by atoms with van der Waals surface area (Å²) in [7, 11) is 0. The van der Waals surface area contributed by atoms with E-state index in [0.717, 1.165) is 5.56 Å². The highest BCUT2D eigenvalue weighted by Gasteiger charge is 2.21. The first-order valence-electron chi connectivity index (χ1n) is 12.1. The summed E-state index contributed by atoms with van der Waals surface area (Å²) in [6, 6.07) is 11.8. The Morgan fingerprint density at radius 1 is 1.15 bits per heavy atom. The predicted molar refractivity (Wildman–Crippen MR) is 151 cm³/mol. The van der Waals surface area contributed by atoms with Gasteiger partial charge in [0, 0.05) is 34.7 Å². The predicted octanol–water partition coefficient (Wildman–Crippen LogP) is 5.17. The lowest BCUT2D eigenvalue weighted by molar-refractivity contribution is -0.385. The maximum Gasteiger partial charge on any atom is 0.272 e. The van der Waals surface area contributed by atoms with E-state index in [-0.39, 0.29) is 29.3 Å². The van der Waals surface area contributed by atoms with Gasteiger partial charge < -0.3 is 15.2 Å². The summed E-state index contributed by atoms with van der Waals surface area (Å²) in [6.07, 6.45) is 0. The Kier molecular flexibility index (Phi) is 8.72. The summed E-state index contributed by atoms with van der Waals surface area (Å²) in [5.41, 5.74) is 3.37. The molecule has 0 aliphatic carbocycles. The van der Waals surface area contributed by atoms with Gasteiger partial charge in [0.1, 0.15) is 0 Å². The van der Waals surface area contributed by atoms with Crippen LogP contribution >= 0.6 is 23.1 Å². The fourth-order valence-electron chi connectivity index (χ4n) is 3.79. The van der Waals surface area contributed by atoms with Crippen molar-refractivity contribution in [3.63, 3.8) is 0 Å². The Morgan fingerprint density at radius 3 is 2.59 bits per heavy atom. The standard InChI is InChI=1S/C26H27N7O4S2/c1-5-32-23(17(4)27-24(35)18-9-6-15(2)7-10-18)30-31-26(32)39-14-22(34)29-25-28-20(13-38-25)19-11-8-16(3)21(12-19)33(36)37/h6-13,17H,5,14H2,1-4H3,(H,27,35)(H,28,29,34)/t17-/m1/s1. The molecule has 0 bridgehead atoms. The molecule has 0 saturated heterocycles. The number of thiazole rings is 1. The van der Waals surface area contributed by atoms with Gasteiger partial charge in [0.15, 0.2) is 16.1 Å². The number of rotatable bonds is 10. The minimum absolute atomic E-state index is 0.0194. The lowest BCUT2D eigenvalue weighted by Gasteiger charge is -2.15. The van der Waals surface area contributed by atoms with Crippen LogP contribution in [0.15, 0.2) is 53.0 Å². The minimum atomic E-state index is -0.426. The van der Waals surface area contributed by atoms with Crippen molar-refractivity contribution in [2.24, 2.45) is 0 Å². The van der Waals surface area contributed by atoms with E-state index in [9.17, 15) is 19.7 Å². The fourth-order valence-corrected chi connectivity index (χ4v) is 5.33. The molecule has 4 rings (SSSR count). The van der Waals surface area contributed by atoms with Crippen molar-refractivity contribution in [2.45, 2.75) is 45.4 Å². The molecule has 0 radical (unpaired) electrons. The third-order valence-corrected chi connectivity index (χ3v) is 7.62. The summed E-state index contributed by atoms with van der Waals surface area (Å²) in [5.74, 6) is 0.193. The molecule has 4 aromatic rings. The van der Waals surface area contributed by atoms with Gasteiger partial charge in [-0.05, 0) is 39.8 Å². The highest BCUT2D eigenvalue weighted by molar-refractivity contribution is 7.99.